The normalized spacial score (nSPS) is 28.9. The highest BCUT2D eigenvalue weighted by atomic mass is 16.5. The number of fused-ring (bicyclic) bond motifs is 1. The Morgan fingerprint density at radius 2 is 1.41 bits per heavy atom. The summed E-state index contributed by atoms with van der Waals surface area (Å²) in [6, 6.07) is 10.0. The predicted octanol–water partition coefficient (Wildman–Crippen LogP) is 4.07. The van der Waals surface area contributed by atoms with Gasteiger partial charge in [-0.3, -0.25) is 14.4 Å². The molecule has 0 aliphatic heterocycles. The zero-order valence-electron chi connectivity index (χ0n) is 17.8. The van der Waals surface area contributed by atoms with Crippen molar-refractivity contribution in [3.8, 4) is 0 Å². The molecule has 0 bridgehead atoms. The lowest BCUT2D eigenvalue weighted by Gasteiger charge is -2.33. The predicted molar refractivity (Wildman–Crippen MR) is 109 cm³/mol. The molecule has 2 aliphatic carbocycles. The van der Waals surface area contributed by atoms with Crippen molar-refractivity contribution in [2.24, 2.45) is 5.41 Å². The number of benzene rings is 1. The van der Waals surface area contributed by atoms with Crippen molar-refractivity contribution in [2.45, 2.75) is 51.9 Å². The van der Waals surface area contributed by atoms with Crippen molar-refractivity contribution in [1.29, 1.82) is 0 Å². The van der Waals surface area contributed by atoms with Crippen LogP contribution in [0.15, 0.2) is 52.6 Å². The molecule has 1 saturated carbocycles. The van der Waals surface area contributed by atoms with E-state index in [0.29, 0.717) is 18.4 Å². The zero-order valence-corrected chi connectivity index (χ0v) is 17.8. The smallest absolute Gasteiger partial charge is 0.323 e. The van der Waals surface area contributed by atoms with Crippen molar-refractivity contribution in [3.05, 3.63) is 58.2 Å². The highest BCUT2D eigenvalue weighted by Crippen LogP contribution is 2.52. The number of hydrogen-bond acceptors (Lipinski definition) is 5. The Labute approximate surface area is 171 Å². The minimum absolute atomic E-state index is 0.0434. The topological polar surface area (TPSA) is 69.7 Å². The monoisotopic (exact) mass is 396 g/mol. The van der Waals surface area contributed by atoms with Gasteiger partial charge in [0.05, 0.1) is 14.2 Å². The third-order valence-corrected chi connectivity index (χ3v) is 6.54. The van der Waals surface area contributed by atoms with Crippen LogP contribution in [-0.2, 0) is 29.3 Å². The van der Waals surface area contributed by atoms with Gasteiger partial charge in [-0.25, -0.2) is 0 Å². The van der Waals surface area contributed by atoms with Gasteiger partial charge >= 0.3 is 11.9 Å². The van der Waals surface area contributed by atoms with Crippen LogP contribution < -0.4 is 0 Å². The molecule has 154 valence electrons. The van der Waals surface area contributed by atoms with E-state index in [-0.39, 0.29) is 24.0 Å². The number of carbonyl (C=O) groups excluding carboxylic acids is 3. The lowest BCUT2D eigenvalue weighted by Crippen LogP contribution is -2.38. The molecule has 0 radical (unpaired) electrons. The second-order valence-electron chi connectivity index (χ2n) is 8.48. The molecule has 5 nitrogen and oxygen atoms in total. The molecule has 0 amide bonds. The number of methoxy groups -OCH3 is 2. The molecule has 1 unspecified atom stereocenters. The fourth-order valence-corrected chi connectivity index (χ4v) is 4.86. The molecule has 2 aliphatic rings. The zero-order chi connectivity index (χ0) is 21.4. The first-order chi connectivity index (χ1) is 13.7. The Balaban J connectivity index is 2.16. The molecule has 0 saturated heterocycles. The first-order valence-corrected chi connectivity index (χ1v) is 9.83. The summed E-state index contributed by atoms with van der Waals surface area (Å²) in [7, 11) is 2.54. The lowest BCUT2D eigenvalue weighted by atomic mass is 9.70. The fourth-order valence-electron chi connectivity index (χ4n) is 4.86. The Kier molecular flexibility index (Phi) is 5.52. The number of ether oxygens (including phenoxy) is 2. The maximum Gasteiger partial charge on any atom is 0.323 e. The van der Waals surface area contributed by atoms with Gasteiger partial charge in [-0.1, -0.05) is 42.8 Å². The van der Waals surface area contributed by atoms with Crippen LogP contribution in [0.1, 0.15) is 52.0 Å². The Hall–Kier alpha value is -2.69. The van der Waals surface area contributed by atoms with E-state index in [1.165, 1.54) is 14.2 Å². The van der Waals surface area contributed by atoms with E-state index < -0.39 is 17.4 Å². The minimum Gasteiger partial charge on any atom is -0.468 e. The van der Waals surface area contributed by atoms with Gasteiger partial charge in [0.1, 0.15) is 0 Å². The number of rotatable bonds is 3. The van der Waals surface area contributed by atoms with Crippen molar-refractivity contribution >= 4 is 17.7 Å². The van der Waals surface area contributed by atoms with Crippen molar-refractivity contribution < 1.29 is 23.9 Å². The van der Waals surface area contributed by atoms with Gasteiger partial charge in [-0.15, -0.1) is 0 Å². The molecular formula is C24H28O5. The summed E-state index contributed by atoms with van der Waals surface area (Å²) < 4.78 is 9.93. The number of carbonyl (C=O) groups is 3. The summed E-state index contributed by atoms with van der Waals surface area (Å²) in [4.78, 5) is 38.5. The molecule has 0 spiro atoms. The summed E-state index contributed by atoms with van der Waals surface area (Å²) in [5, 5.41) is 0. The van der Waals surface area contributed by atoms with Crippen LogP contribution in [0.25, 0.3) is 0 Å². The summed E-state index contributed by atoms with van der Waals surface area (Å²) >= 11 is 0. The first kappa shape index (κ1) is 21.0. The van der Waals surface area contributed by atoms with Crippen molar-refractivity contribution in [1.82, 2.24) is 0 Å². The van der Waals surface area contributed by atoms with E-state index in [9.17, 15) is 14.4 Å². The maximum atomic E-state index is 13.2. The SMILES string of the molecule is COC(=O)C1(C(=O)OC)CC2=C(\C)CC(C)(c3ccccc3)CC(=O)/C(C)=C\2C1. The highest BCUT2D eigenvalue weighted by Gasteiger charge is 2.55. The second-order valence-corrected chi connectivity index (χ2v) is 8.48. The molecule has 1 aromatic carbocycles. The minimum atomic E-state index is -1.43. The molecule has 29 heavy (non-hydrogen) atoms. The van der Waals surface area contributed by atoms with E-state index >= 15 is 0 Å². The molecule has 0 N–H and O–H groups in total. The largest absolute Gasteiger partial charge is 0.468 e. The lowest BCUT2D eigenvalue weighted by molar-refractivity contribution is -0.168. The molecule has 0 heterocycles. The average molecular weight is 396 g/mol. The summed E-state index contributed by atoms with van der Waals surface area (Å²) in [6.45, 7) is 5.93. The summed E-state index contributed by atoms with van der Waals surface area (Å²) in [5.74, 6) is -1.19. The standard InChI is InChI=1S/C24H28O5/c1-15-11-23(3,17-9-7-6-8-10-17)14-20(25)16(2)19-13-24(12-18(15)19,21(26)28-4)22(27)29-5/h6-10H,11-14H2,1-5H3/b18-15-,19-16-. The summed E-state index contributed by atoms with van der Waals surface area (Å²) in [6.07, 6.45) is 1.38. The quantitative estimate of drug-likeness (QED) is 0.569. The number of allylic oxidation sites excluding steroid dienone is 4. The number of esters is 2. The van der Waals surface area contributed by atoms with Gasteiger partial charge in [0.2, 0.25) is 0 Å². The van der Waals surface area contributed by atoms with Crippen molar-refractivity contribution in [3.63, 3.8) is 0 Å². The third kappa shape index (κ3) is 3.43. The van der Waals surface area contributed by atoms with E-state index in [0.717, 1.165) is 22.3 Å². The highest BCUT2D eigenvalue weighted by molar-refractivity contribution is 6.04. The molecular weight excluding hydrogens is 368 g/mol. The Morgan fingerprint density at radius 1 is 0.862 bits per heavy atom. The van der Waals surface area contributed by atoms with Crippen molar-refractivity contribution in [2.75, 3.05) is 14.2 Å². The first-order valence-electron chi connectivity index (χ1n) is 9.83. The average Bonchev–Trinajstić information content (AvgIpc) is 3.14. The molecule has 5 heteroatoms. The van der Waals surface area contributed by atoms with Crippen LogP contribution >= 0.6 is 0 Å². The van der Waals surface area contributed by atoms with Gasteiger partial charge in [0.25, 0.3) is 0 Å². The molecule has 3 rings (SSSR count). The molecule has 1 atom stereocenters. The molecule has 0 aromatic heterocycles. The van der Waals surface area contributed by atoms with Gasteiger partial charge in [0, 0.05) is 18.3 Å². The molecule has 1 fully saturated rings. The van der Waals surface area contributed by atoms with Crippen LogP contribution in [0.3, 0.4) is 0 Å². The van der Waals surface area contributed by atoms with Gasteiger partial charge < -0.3 is 9.47 Å². The van der Waals surface area contributed by atoms with Gasteiger partial charge in [-0.05, 0) is 49.0 Å². The van der Waals surface area contributed by atoms with Gasteiger partial charge in [0.15, 0.2) is 11.2 Å². The third-order valence-electron chi connectivity index (χ3n) is 6.54. The Bertz CT molecular complexity index is 906. The maximum absolute atomic E-state index is 13.2. The summed E-state index contributed by atoms with van der Waals surface area (Å²) in [5.41, 5.74) is 2.74. The van der Waals surface area contributed by atoms with E-state index in [2.05, 4.69) is 19.1 Å². The van der Waals surface area contributed by atoms with Gasteiger partial charge in [-0.2, -0.15) is 0 Å². The number of hydrogen-bond donors (Lipinski definition) is 0. The van der Waals surface area contributed by atoms with Crippen LogP contribution in [0, 0.1) is 5.41 Å². The second kappa shape index (κ2) is 7.62. The van der Waals surface area contributed by atoms with Crippen LogP contribution in [0.5, 0.6) is 0 Å². The van der Waals surface area contributed by atoms with Crippen LogP contribution in [0.4, 0.5) is 0 Å². The van der Waals surface area contributed by atoms with Crippen LogP contribution in [0.2, 0.25) is 0 Å². The Morgan fingerprint density at radius 3 is 1.97 bits per heavy atom. The van der Waals surface area contributed by atoms with E-state index in [1.807, 2.05) is 25.1 Å². The van der Waals surface area contributed by atoms with E-state index in [1.54, 1.807) is 6.92 Å². The van der Waals surface area contributed by atoms with Crippen LogP contribution in [-0.4, -0.2) is 31.9 Å². The number of ketones is 1. The van der Waals surface area contributed by atoms with E-state index in [4.69, 9.17) is 9.47 Å². The molecule has 1 aromatic rings. The fraction of sp³-hybridized carbons (Fsp3) is 0.458. The number of Topliss-reactive ketones (excluding diaryl/α,β-unsaturated/α-hetero) is 1.